The second kappa shape index (κ2) is 7.98. The van der Waals surface area contributed by atoms with Crippen molar-refractivity contribution in [3.8, 4) is 0 Å². The molecule has 0 unspecified atom stereocenters. The van der Waals surface area contributed by atoms with Crippen molar-refractivity contribution >= 4 is 21.8 Å². The molecule has 1 N–H and O–H groups in total. The van der Waals surface area contributed by atoms with Crippen LogP contribution in [0.1, 0.15) is 31.9 Å². The lowest BCUT2D eigenvalue weighted by Crippen LogP contribution is -2.48. The molecule has 0 aromatic heterocycles. The van der Waals surface area contributed by atoms with Gasteiger partial charge in [0.25, 0.3) is 0 Å². The van der Waals surface area contributed by atoms with E-state index in [-0.39, 0.29) is 24.4 Å². The fourth-order valence-electron chi connectivity index (χ4n) is 2.07. The van der Waals surface area contributed by atoms with Crippen molar-refractivity contribution in [2.45, 2.75) is 40.7 Å². The summed E-state index contributed by atoms with van der Waals surface area (Å²) in [6.07, 6.45) is 0. The van der Waals surface area contributed by atoms with E-state index in [1.807, 2.05) is 46.8 Å². The molecule has 1 rings (SSSR count). The van der Waals surface area contributed by atoms with Crippen LogP contribution in [-0.2, 0) is 15.0 Å². The van der Waals surface area contributed by atoms with Crippen molar-refractivity contribution in [3.63, 3.8) is 0 Å². The molecule has 1 aromatic carbocycles. The summed E-state index contributed by atoms with van der Waals surface area (Å²) in [4.78, 5) is 12.4. The van der Waals surface area contributed by atoms with Crippen LogP contribution in [0.25, 0.3) is 0 Å². The van der Waals surface area contributed by atoms with Gasteiger partial charge in [-0.15, -0.1) is 0 Å². The number of rotatable bonds is 7. The summed E-state index contributed by atoms with van der Waals surface area (Å²) < 4.78 is 27.7. The third-order valence-electron chi connectivity index (χ3n) is 4.05. The first kappa shape index (κ1) is 20.4. The molecule has 1 amide bonds. The minimum atomic E-state index is -3.78. The summed E-state index contributed by atoms with van der Waals surface area (Å²) in [5, 5.41) is 2.86. The fraction of sp³-hybridized carbons (Fsp3) is 0.588. The molecule has 0 fully saturated rings. The van der Waals surface area contributed by atoms with Crippen LogP contribution in [0, 0.1) is 19.8 Å². The second-order valence-corrected chi connectivity index (χ2v) is 8.75. The van der Waals surface area contributed by atoms with Crippen LogP contribution in [0.15, 0.2) is 18.2 Å². The SMILES string of the molecule is Cc1ccc(C)c(N(CC(=O)N[C@H](C)C(C)C)S(=O)(=O)N(C)C)c1. The minimum absolute atomic E-state index is 0.0278. The molecule has 0 radical (unpaired) electrons. The highest BCUT2D eigenvalue weighted by Gasteiger charge is 2.29. The summed E-state index contributed by atoms with van der Waals surface area (Å²) in [6.45, 7) is 9.40. The minimum Gasteiger partial charge on any atom is -0.352 e. The van der Waals surface area contributed by atoms with Crippen LogP contribution in [0.2, 0.25) is 0 Å². The predicted octanol–water partition coefficient (Wildman–Crippen LogP) is 2.08. The third-order valence-corrected chi connectivity index (χ3v) is 5.85. The molecule has 0 spiro atoms. The molecule has 6 nitrogen and oxygen atoms in total. The Bertz CT molecular complexity index is 684. The Morgan fingerprint density at radius 3 is 2.25 bits per heavy atom. The average Bonchev–Trinajstić information content (AvgIpc) is 2.47. The molecule has 1 aromatic rings. The summed E-state index contributed by atoms with van der Waals surface area (Å²) in [6, 6.07) is 5.53. The number of nitrogens with one attached hydrogen (secondary N) is 1. The lowest BCUT2D eigenvalue weighted by atomic mass is 10.1. The molecule has 0 aliphatic carbocycles. The number of aryl methyl sites for hydroxylation is 2. The zero-order valence-corrected chi connectivity index (χ0v) is 16.4. The number of anilines is 1. The molecule has 0 heterocycles. The van der Waals surface area contributed by atoms with E-state index in [9.17, 15) is 13.2 Å². The fourth-order valence-corrected chi connectivity index (χ4v) is 3.19. The van der Waals surface area contributed by atoms with Crippen molar-refractivity contribution in [2.75, 3.05) is 24.9 Å². The molecule has 0 bridgehead atoms. The molecule has 0 saturated carbocycles. The van der Waals surface area contributed by atoms with E-state index in [0.29, 0.717) is 5.69 Å². The molecule has 0 saturated heterocycles. The van der Waals surface area contributed by atoms with Crippen molar-refractivity contribution in [2.24, 2.45) is 5.92 Å². The van der Waals surface area contributed by atoms with E-state index in [0.717, 1.165) is 19.7 Å². The number of carbonyl (C=O) groups is 1. The maximum atomic E-state index is 12.7. The number of hydrogen-bond acceptors (Lipinski definition) is 3. The average molecular weight is 356 g/mol. The maximum Gasteiger partial charge on any atom is 0.304 e. The third kappa shape index (κ3) is 4.95. The van der Waals surface area contributed by atoms with Crippen molar-refractivity contribution < 1.29 is 13.2 Å². The molecule has 0 aliphatic heterocycles. The van der Waals surface area contributed by atoms with E-state index in [4.69, 9.17) is 0 Å². The van der Waals surface area contributed by atoms with Gasteiger partial charge >= 0.3 is 10.2 Å². The smallest absolute Gasteiger partial charge is 0.304 e. The van der Waals surface area contributed by atoms with E-state index in [1.165, 1.54) is 14.1 Å². The lowest BCUT2D eigenvalue weighted by molar-refractivity contribution is -0.120. The van der Waals surface area contributed by atoms with Crippen molar-refractivity contribution in [3.05, 3.63) is 29.3 Å². The Morgan fingerprint density at radius 1 is 1.17 bits per heavy atom. The molecule has 0 aliphatic rings. The highest BCUT2D eigenvalue weighted by Crippen LogP contribution is 2.25. The number of benzene rings is 1. The highest BCUT2D eigenvalue weighted by atomic mass is 32.2. The van der Waals surface area contributed by atoms with Gasteiger partial charge in [0.1, 0.15) is 6.54 Å². The number of carbonyl (C=O) groups excluding carboxylic acids is 1. The Labute approximate surface area is 146 Å². The van der Waals surface area contributed by atoms with E-state index in [1.54, 1.807) is 6.07 Å². The molecular weight excluding hydrogens is 326 g/mol. The van der Waals surface area contributed by atoms with Crippen LogP contribution in [0.3, 0.4) is 0 Å². The summed E-state index contributed by atoms with van der Waals surface area (Å²) in [5.41, 5.74) is 2.26. The van der Waals surface area contributed by atoms with Gasteiger partial charge in [0.15, 0.2) is 0 Å². The van der Waals surface area contributed by atoms with Gasteiger partial charge in [0.2, 0.25) is 5.91 Å². The zero-order valence-electron chi connectivity index (χ0n) is 15.6. The van der Waals surface area contributed by atoms with Gasteiger partial charge in [-0.3, -0.25) is 4.79 Å². The monoisotopic (exact) mass is 355 g/mol. The first-order chi connectivity index (χ1) is 11.0. The van der Waals surface area contributed by atoms with E-state index >= 15 is 0 Å². The molecule has 136 valence electrons. The normalized spacial score (nSPS) is 13.2. The largest absolute Gasteiger partial charge is 0.352 e. The topological polar surface area (TPSA) is 69.7 Å². The molecular formula is C17H29N3O3S. The molecule has 24 heavy (non-hydrogen) atoms. The van der Waals surface area contributed by atoms with Gasteiger partial charge in [-0.25, -0.2) is 4.31 Å². The number of nitrogens with zero attached hydrogens (tertiary/aromatic N) is 2. The Hall–Kier alpha value is -1.60. The van der Waals surface area contributed by atoms with E-state index in [2.05, 4.69) is 5.32 Å². The summed E-state index contributed by atoms with van der Waals surface area (Å²) in [7, 11) is -0.856. The summed E-state index contributed by atoms with van der Waals surface area (Å²) >= 11 is 0. The Morgan fingerprint density at radius 2 is 1.75 bits per heavy atom. The lowest BCUT2D eigenvalue weighted by Gasteiger charge is -2.29. The number of amides is 1. The van der Waals surface area contributed by atoms with Crippen LogP contribution in [0.5, 0.6) is 0 Å². The summed E-state index contributed by atoms with van der Waals surface area (Å²) in [5.74, 6) is -0.0453. The van der Waals surface area contributed by atoms with Gasteiger partial charge in [0.05, 0.1) is 5.69 Å². The van der Waals surface area contributed by atoms with Crippen LogP contribution in [-0.4, -0.2) is 45.3 Å². The van der Waals surface area contributed by atoms with Gasteiger partial charge < -0.3 is 5.32 Å². The Kier molecular flexibility index (Phi) is 6.80. The van der Waals surface area contributed by atoms with Crippen LogP contribution in [0.4, 0.5) is 5.69 Å². The van der Waals surface area contributed by atoms with Crippen molar-refractivity contribution in [1.29, 1.82) is 0 Å². The quantitative estimate of drug-likeness (QED) is 0.814. The van der Waals surface area contributed by atoms with Gasteiger partial charge in [-0.2, -0.15) is 12.7 Å². The van der Waals surface area contributed by atoms with Gasteiger partial charge in [-0.1, -0.05) is 26.0 Å². The van der Waals surface area contributed by atoms with Gasteiger partial charge in [-0.05, 0) is 43.9 Å². The first-order valence-corrected chi connectivity index (χ1v) is 9.43. The molecule has 1 atom stereocenters. The second-order valence-electron chi connectivity index (χ2n) is 6.69. The molecule has 7 heteroatoms. The van der Waals surface area contributed by atoms with E-state index < -0.39 is 10.2 Å². The number of hydrogen-bond donors (Lipinski definition) is 1. The van der Waals surface area contributed by atoms with Gasteiger partial charge in [0, 0.05) is 20.1 Å². The maximum absolute atomic E-state index is 12.7. The van der Waals surface area contributed by atoms with Crippen LogP contribution < -0.4 is 9.62 Å². The van der Waals surface area contributed by atoms with Crippen LogP contribution >= 0.6 is 0 Å². The standard InChI is InChI=1S/C17H29N3O3S/c1-12(2)15(5)18-17(21)11-20(24(22,23)19(6)7)16-10-13(3)8-9-14(16)4/h8-10,12,15H,11H2,1-7H3,(H,18,21)/t15-/m1/s1. The Balaban J connectivity index is 3.22. The predicted molar refractivity (Wildman–Crippen MR) is 98.3 cm³/mol. The first-order valence-electron chi connectivity index (χ1n) is 8.03. The highest BCUT2D eigenvalue weighted by molar-refractivity contribution is 7.90. The zero-order chi connectivity index (χ0) is 18.7. The van der Waals surface area contributed by atoms with Crippen molar-refractivity contribution in [1.82, 2.24) is 9.62 Å².